The lowest BCUT2D eigenvalue weighted by Crippen LogP contribution is -2.34. The maximum absolute atomic E-state index is 3.79. The molecule has 0 unspecified atom stereocenters. The van der Waals surface area contributed by atoms with E-state index in [1.54, 1.807) is 12.7 Å². The van der Waals surface area contributed by atoms with Crippen LogP contribution in [0.5, 0.6) is 0 Å². The summed E-state index contributed by atoms with van der Waals surface area (Å²) in [6.07, 6.45) is 6.19. The van der Waals surface area contributed by atoms with Crippen molar-refractivity contribution in [1.82, 2.24) is 19.7 Å². The van der Waals surface area contributed by atoms with Gasteiger partial charge in [0, 0.05) is 13.1 Å². The first-order chi connectivity index (χ1) is 6.34. The average molecular weight is 180 g/mol. The van der Waals surface area contributed by atoms with Crippen LogP contribution < -0.4 is 0 Å². The molecule has 0 bridgehead atoms. The Bertz CT molecular complexity index is 236. The van der Waals surface area contributed by atoms with Gasteiger partial charge in [-0.1, -0.05) is 6.92 Å². The monoisotopic (exact) mass is 180 g/mol. The lowest BCUT2D eigenvalue weighted by molar-refractivity contribution is 0.154. The van der Waals surface area contributed by atoms with Crippen molar-refractivity contribution in [2.45, 2.75) is 26.4 Å². The van der Waals surface area contributed by atoms with Gasteiger partial charge in [0.2, 0.25) is 0 Å². The molecule has 0 radical (unpaired) electrons. The van der Waals surface area contributed by atoms with E-state index in [1.807, 2.05) is 4.57 Å². The molecule has 0 amide bonds. The van der Waals surface area contributed by atoms with Crippen molar-refractivity contribution in [3.8, 4) is 0 Å². The molecule has 0 saturated carbocycles. The minimum Gasteiger partial charge on any atom is -0.306 e. The van der Waals surface area contributed by atoms with Gasteiger partial charge in [0.15, 0.2) is 0 Å². The van der Waals surface area contributed by atoms with Gasteiger partial charge in [-0.05, 0) is 18.8 Å². The van der Waals surface area contributed by atoms with Crippen LogP contribution >= 0.6 is 0 Å². The van der Waals surface area contributed by atoms with Gasteiger partial charge in [0.25, 0.3) is 0 Å². The molecule has 72 valence electrons. The van der Waals surface area contributed by atoms with E-state index in [4.69, 9.17) is 0 Å². The highest BCUT2D eigenvalue weighted by Crippen LogP contribution is 2.15. The second kappa shape index (κ2) is 3.87. The molecule has 0 aromatic carbocycles. The van der Waals surface area contributed by atoms with E-state index < -0.39 is 0 Å². The highest BCUT2D eigenvalue weighted by Gasteiger charge is 2.15. The first-order valence-electron chi connectivity index (χ1n) is 4.89. The average Bonchev–Trinajstić information content (AvgIpc) is 2.62. The molecular weight excluding hydrogens is 164 g/mol. The SMILES string of the molecule is CC1CCN(Cn2cnnc2)CC1. The lowest BCUT2D eigenvalue weighted by atomic mass is 10.00. The fourth-order valence-corrected chi connectivity index (χ4v) is 1.73. The molecule has 2 heterocycles. The van der Waals surface area contributed by atoms with Crippen molar-refractivity contribution < 1.29 is 0 Å². The van der Waals surface area contributed by atoms with Crippen molar-refractivity contribution in [3.63, 3.8) is 0 Å². The van der Waals surface area contributed by atoms with Gasteiger partial charge in [0.05, 0.1) is 6.67 Å². The van der Waals surface area contributed by atoms with Crippen molar-refractivity contribution in [2.24, 2.45) is 5.92 Å². The number of likely N-dealkylation sites (tertiary alicyclic amines) is 1. The standard InChI is InChI=1S/C9H16N4/c1-9-2-4-12(5-3-9)8-13-6-10-11-7-13/h6-7,9H,2-5,8H2,1H3. The first-order valence-corrected chi connectivity index (χ1v) is 4.89. The second-order valence-corrected chi connectivity index (χ2v) is 3.92. The largest absolute Gasteiger partial charge is 0.306 e. The van der Waals surface area contributed by atoms with Crippen LogP contribution in [-0.4, -0.2) is 32.8 Å². The van der Waals surface area contributed by atoms with E-state index in [9.17, 15) is 0 Å². The molecule has 0 spiro atoms. The van der Waals surface area contributed by atoms with Gasteiger partial charge in [-0.2, -0.15) is 0 Å². The zero-order chi connectivity index (χ0) is 9.10. The number of rotatable bonds is 2. The summed E-state index contributed by atoms with van der Waals surface area (Å²) >= 11 is 0. The highest BCUT2D eigenvalue weighted by atomic mass is 15.3. The summed E-state index contributed by atoms with van der Waals surface area (Å²) in [4.78, 5) is 2.45. The van der Waals surface area contributed by atoms with E-state index in [0.29, 0.717) is 0 Å². The summed E-state index contributed by atoms with van der Waals surface area (Å²) in [5.74, 6) is 0.900. The second-order valence-electron chi connectivity index (χ2n) is 3.92. The molecule has 1 aromatic heterocycles. The Labute approximate surface area is 78.6 Å². The van der Waals surface area contributed by atoms with Gasteiger partial charge in [-0.15, -0.1) is 10.2 Å². The van der Waals surface area contributed by atoms with Crippen LogP contribution in [0.25, 0.3) is 0 Å². The normalized spacial score (nSPS) is 20.7. The van der Waals surface area contributed by atoms with Gasteiger partial charge in [-0.3, -0.25) is 4.90 Å². The third kappa shape index (κ3) is 2.28. The highest BCUT2D eigenvalue weighted by molar-refractivity contribution is 4.69. The van der Waals surface area contributed by atoms with E-state index >= 15 is 0 Å². The molecule has 4 heteroatoms. The Morgan fingerprint density at radius 3 is 2.46 bits per heavy atom. The molecule has 1 aliphatic heterocycles. The van der Waals surface area contributed by atoms with Crippen LogP contribution in [0.4, 0.5) is 0 Å². The van der Waals surface area contributed by atoms with Crippen molar-refractivity contribution in [2.75, 3.05) is 13.1 Å². The quantitative estimate of drug-likeness (QED) is 0.680. The summed E-state index contributed by atoms with van der Waals surface area (Å²) in [6, 6.07) is 0. The van der Waals surface area contributed by atoms with E-state index in [-0.39, 0.29) is 0 Å². The number of hydrogen-bond acceptors (Lipinski definition) is 3. The Balaban J connectivity index is 1.83. The molecule has 1 aliphatic rings. The fraction of sp³-hybridized carbons (Fsp3) is 0.778. The Morgan fingerprint density at radius 2 is 1.85 bits per heavy atom. The van der Waals surface area contributed by atoms with Gasteiger partial charge >= 0.3 is 0 Å². The maximum atomic E-state index is 3.79. The zero-order valence-corrected chi connectivity index (χ0v) is 8.06. The predicted octanol–water partition coefficient (Wildman–Crippen LogP) is 0.968. The lowest BCUT2D eigenvalue weighted by Gasteiger charge is -2.29. The summed E-state index contributed by atoms with van der Waals surface area (Å²) in [6.45, 7) is 5.69. The zero-order valence-electron chi connectivity index (χ0n) is 8.06. The van der Waals surface area contributed by atoms with Crippen LogP contribution in [0, 0.1) is 5.92 Å². The summed E-state index contributed by atoms with van der Waals surface area (Å²) < 4.78 is 2.02. The topological polar surface area (TPSA) is 34.0 Å². The minimum absolute atomic E-state index is 0.900. The molecule has 1 fully saturated rings. The third-order valence-corrected chi connectivity index (χ3v) is 2.71. The van der Waals surface area contributed by atoms with E-state index in [1.165, 1.54) is 25.9 Å². The molecule has 0 atom stereocenters. The van der Waals surface area contributed by atoms with Crippen LogP contribution in [0.3, 0.4) is 0 Å². The summed E-state index contributed by atoms with van der Waals surface area (Å²) in [5, 5.41) is 7.58. The maximum Gasteiger partial charge on any atom is 0.120 e. The molecule has 1 saturated heterocycles. The van der Waals surface area contributed by atoms with Crippen molar-refractivity contribution in [1.29, 1.82) is 0 Å². The number of hydrogen-bond donors (Lipinski definition) is 0. The predicted molar refractivity (Wildman–Crippen MR) is 50.0 cm³/mol. The smallest absolute Gasteiger partial charge is 0.120 e. The van der Waals surface area contributed by atoms with Gasteiger partial charge in [-0.25, -0.2) is 0 Å². The summed E-state index contributed by atoms with van der Waals surface area (Å²) in [7, 11) is 0. The molecular formula is C9H16N4. The fourth-order valence-electron chi connectivity index (χ4n) is 1.73. The molecule has 4 nitrogen and oxygen atoms in total. The van der Waals surface area contributed by atoms with Crippen LogP contribution in [0.15, 0.2) is 12.7 Å². The number of nitrogens with zero attached hydrogens (tertiary/aromatic N) is 4. The number of aromatic nitrogens is 3. The molecule has 1 aromatic rings. The van der Waals surface area contributed by atoms with E-state index in [0.717, 1.165) is 12.6 Å². The first kappa shape index (κ1) is 8.69. The van der Waals surface area contributed by atoms with Crippen molar-refractivity contribution >= 4 is 0 Å². The Hall–Kier alpha value is -0.900. The molecule has 0 aliphatic carbocycles. The van der Waals surface area contributed by atoms with Gasteiger partial charge < -0.3 is 4.57 Å². The number of piperidine rings is 1. The van der Waals surface area contributed by atoms with E-state index in [2.05, 4.69) is 22.0 Å². The minimum atomic E-state index is 0.900. The van der Waals surface area contributed by atoms with Crippen LogP contribution in [0.2, 0.25) is 0 Å². The van der Waals surface area contributed by atoms with Gasteiger partial charge in [0.1, 0.15) is 12.7 Å². The molecule has 13 heavy (non-hydrogen) atoms. The Morgan fingerprint density at radius 1 is 1.23 bits per heavy atom. The molecule has 0 N–H and O–H groups in total. The Kier molecular flexibility index (Phi) is 2.59. The van der Waals surface area contributed by atoms with Crippen LogP contribution in [-0.2, 0) is 6.67 Å². The third-order valence-electron chi connectivity index (χ3n) is 2.71. The molecule has 2 rings (SSSR count). The summed E-state index contributed by atoms with van der Waals surface area (Å²) in [5.41, 5.74) is 0. The van der Waals surface area contributed by atoms with Crippen LogP contribution in [0.1, 0.15) is 19.8 Å². The van der Waals surface area contributed by atoms with Crippen molar-refractivity contribution in [3.05, 3.63) is 12.7 Å².